The van der Waals surface area contributed by atoms with E-state index in [1.165, 1.54) is 5.56 Å². The van der Waals surface area contributed by atoms with Crippen LogP contribution in [0.3, 0.4) is 0 Å². The number of nitrogens with two attached hydrogens (primary N) is 1. The van der Waals surface area contributed by atoms with Crippen molar-refractivity contribution in [2.45, 2.75) is 45.8 Å². The van der Waals surface area contributed by atoms with E-state index in [0.29, 0.717) is 12.3 Å². The SMILES string of the molecule is CCC(C)CCC(N)(O)c1ccc(C)cc1. The van der Waals surface area contributed by atoms with E-state index in [4.69, 9.17) is 5.73 Å². The molecule has 3 N–H and O–H groups in total. The first-order chi connectivity index (χ1) is 7.45. The van der Waals surface area contributed by atoms with Crippen molar-refractivity contribution in [3.63, 3.8) is 0 Å². The Bertz CT molecular complexity index is 316. The third-order valence-electron chi connectivity index (χ3n) is 3.27. The number of aliphatic hydroxyl groups is 1. The van der Waals surface area contributed by atoms with E-state index in [1.54, 1.807) is 0 Å². The van der Waals surface area contributed by atoms with Crippen LogP contribution in [0.4, 0.5) is 0 Å². The van der Waals surface area contributed by atoms with Crippen LogP contribution >= 0.6 is 0 Å². The Morgan fingerprint density at radius 1 is 1.31 bits per heavy atom. The summed E-state index contributed by atoms with van der Waals surface area (Å²) in [4.78, 5) is 0. The lowest BCUT2D eigenvalue weighted by molar-refractivity contribution is 0.0280. The van der Waals surface area contributed by atoms with Gasteiger partial charge in [0, 0.05) is 0 Å². The molecule has 0 fully saturated rings. The summed E-state index contributed by atoms with van der Waals surface area (Å²) in [5.74, 6) is 0.612. The Morgan fingerprint density at radius 3 is 2.38 bits per heavy atom. The van der Waals surface area contributed by atoms with Gasteiger partial charge in [-0.25, -0.2) is 0 Å². The highest BCUT2D eigenvalue weighted by molar-refractivity contribution is 5.25. The molecule has 0 bridgehead atoms. The van der Waals surface area contributed by atoms with Crippen molar-refractivity contribution in [3.8, 4) is 0 Å². The van der Waals surface area contributed by atoms with Crippen molar-refractivity contribution in [1.29, 1.82) is 0 Å². The minimum absolute atomic E-state index is 0.612. The van der Waals surface area contributed by atoms with E-state index in [9.17, 15) is 5.11 Å². The summed E-state index contributed by atoms with van der Waals surface area (Å²) in [7, 11) is 0. The lowest BCUT2D eigenvalue weighted by Gasteiger charge is -2.25. The minimum Gasteiger partial charge on any atom is -0.372 e. The maximum Gasteiger partial charge on any atom is 0.139 e. The molecule has 0 aliphatic carbocycles. The van der Waals surface area contributed by atoms with Crippen molar-refractivity contribution in [2.75, 3.05) is 0 Å². The predicted octanol–water partition coefficient (Wildman–Crippen LogP) is 2.93. The van der Waals surface area contributed by atoms with Gasteiger partial charge in [-0.3, -0.25) is 5.73 Å². The minimum atomic E-state index is -1.18. The zero-order valence-corrected chi connectivity index (χ0v) is 10.5. The van der Waals surface area contributed by atoms with Gasteiger partial charge in [0.15, 0.2) is 0 Å². The lowest BCUT2D eigenvalue weighted by atomic mass is 9.92. The molecule has 2 heteroatoms. The molecular formula is C14H23NO. The van der Waals surface area contributed by atoms with Crippen LogP contribution in [0.5, 0.6) is 0 Å². The molecule has 0 amide bonds. The largest absolute Gasteiger partial charge is 0.372 e. The van der Waals surface area contributed by atoms with Crippen LogP contribution in [-0.4, -0.2) is 5.11 Å². The summed E-state index contributed by atoms with van der Waals surface area (Å²) in [5, 5.41) is 10.2. The van der Waals surface area contributed by atoms with Crippen LogP contribution in [0, 0.1) is 12.8 Å². The molecule has 0 aliphatic rings. The van der Waals surface area contributed by atoms with Crippen LogP contribution in [0.25, 0.3) is 0 Å². The highest BCUT2D eigenvalue weighted by atomic mass is 16.3. The molecule has 0 heterocycles. The molecule has 2 atom stereocenters. The Balaban J connectivity index is 2.66. The molecule has 16 heavy (non-hydrogen) atoms. The van der Waals surface area contributed by atoms with Crippen LogP contribution in [0.1, 0.15) is 44.2 Å². The Kier molecular flexibility index (Phi) is 4.51. The van der Waals surface area contributed by atoms with E-state index >= 15 is 0 Å². The zero-order valence-electron chi connectivity index (χ0n) is 10.5. The summed E-state index contributed by atoms with van der Waals surface area (Å²) in [6, 6.07) is 7.78. The third kappa shape index (κ3) is 3.62. The van der Waals surface area contributed by atoms with E-state index in [2.05, 4.69) is 13.8 Å². The monoisotopic (exact) mass is 221 g/mol. The first kappa shape index (κ1) is 13.2. The van der Waals surface area contributed by atoms with Gasteiger partial charge in [0.2, 0.25) is 0 Å². The van der Waals surface area contributed by atoms with Gasteiger partial charge >= 0.3 is 0 Å². The standard InChI is InChI=1S/C14H23NO/c1-4-11(2)9-10-14(15,16)13-7-5-12(3)6-8-13/h5-8,11,16H,4,9-10,15H2,1-3H3. The summed E-state index contributed by atoms with van der Waals surface area (Å²) >= 11 is 0. The van der Waals surface area contributed by atoms with Gasteiger partial charge in [-0.1, -0.05) is 50.1 Å². The summed E-state index contributed by atoms with van der Waals surface area (Å²) < 4.78 is 0. The van der Waals surface area contributed by atoms with Crippen LogP contribution < -0.4 is 5.73 Å². The smallest absolute Gasteiger partial charge is 0.139 e. The van der Waals surface area contributed by atoms with Crippen LogP contribution in [0.2, 0.25) is 0 Å². The highest BCUT2D eigenvalue weighted by Gasteiger charge is 2.23. The van der Waals surface area contributed by atoms with Gasteiger partial charge in [0.05, 0.1) is 0 Å². The summed E-state index contributed by atoms with van der Waals surface area (Å²) in [6.45, 7) is 6.37. The highest BCUT2D eigenvalue weighted by Crippen LogP contribution is 2.24. The van der Waals surface area contributed by atoms with Crippen molar-refractivity contribution in [1.82, 2.24) is 0 Å². The van der Waals surface area contributed by atoms with Gasteiger partial charge in [0.25, 0.3) is 0 Å². The lowest BCUT2D eigenvalue weighted by Crippen LogP contribution is -2.36. The third-order valence-corrected chi connectivity index (χ3v) is 3.27. The number of rotatable bonds is 5. The Labute approximate surface area is 98.5 Å². The number of hydrogen-bond acceptors (Lipinski definition) is 2. The maximum atomic E-state index is 10.2. The van der Waals surface area contributed by atoms with Crippen LogP contribution in [-0.2, 0) is 5.72 Å². The van der Waals surface area contributed by atoms with Gasteiger partial charge in [-0.15, -0.1) is 0 Å². The van der Waals surface area contributed by atoms with Crippen LogP contribution in [0.15, 0.2) is 24.3 Å². The normalized spacial score (nSPS) is 16.8. The van der Waals surface area contributed by atoms with Crippen molar-refractivity contribution < 1.29 is 5.11 Å². The molecular weight excluding hydrogens is 198 g/mol. The second kappa shape index (κ2) is 5.46. The molecule has 0 aliphatic heterocycles. The fourth-order valence-corrected chi connectivity index (χ4v) is 1.66. The predicted molar refractivity (Wildman–Crippen MR) is 68.0 cm³/mol. The molecule has 0 saturated heterocycles. The molecule has 0 saturated carbocycles. The second-order valence-electron chi connectivity index (χ2n) is 4.84. The summed E-state index contributed by atoms with van der Waals surface area (Å²) in [5.41, 5.74) is 6.75. The Morgan fingerprint density at radius 2 is 1.88 bits per heavy atom. The van der Waals surface area contributed by atoms with E-state index in [0.717, 1.165) is 18.4 Å². The fraction of sp³-hybridized carbons (Fsp3) is 0.571. The molecule has 1 aromatic carbocycles. The van der Waals surface area contributed by atoms with Crippen molar-refractivity contribution in [3.05, 3.63) is 35.4 Å². The summed E-state index contributed by atoms with van der Waals surface area (Å²) in [6.07, 6.45) is 2.70. The second-order valence-corrected chi connectivity index (χ2v) is 4.84. The molecule has 0 aromatic heterocycles. The van der Waals surface area contributed by atoms with E-state index in [1.807, 2.05) is 31.2 Å². The quantitative estimate of drug-likeness (QED) is 0.751. The fourth-order valence-electron chi connectivity index (χ4n) is 1.66. The average molecular weight is 221 g/mol. The first-order valence-electron chi connectivity index (χ1n) is 6.04. The van der Waals surface area contributed by atoms with E-state index < -0.39 is 5.72 Å². The number of benzene rings is 1. The van der Waals surface area contributed by atoms with Gasteiger partial charge in [-0.2, -0.15) is 0 Å². The topological polar surface area (TPSA) is 46.2 Å². The Hall–Kier alpha value is -0.860. The maximum absolute atomic E-state index is 10.2. The molecule has 90 valence electrons. The first-order valence-corrected chi connectivity index (χ1v) is 6.04. The van der Waals surface area contributed by atoms with Gasteiger partial charge in [-0.05, 0) is 31.2 Å². The van der Waals surface area contributed by atoms with Crippen molar-refractivity contribution >= 4 is 0 Å². The molecule has 2 nitrogen and oxygen atoms in total. The average Bonchev–Trinajstić information content (AvgIpc) is 2.26. The molecule has 1 aromatic rings. The van der Waals surface area contributed by atoms with Crippen molar-refractivity contribution in [2.24, 2.45) is 11.7 Å². The number of hydrogen-bond donors (Lipinski definition) is 2. The number of aryl methyl sites for hydroxylation is 1. The zero-order chi connectivity index (χ0) is 12.2. The molecule has 2 unspecified atom stereocenters. The molecule has 0 radical (unpaired) electrons. The van der Waals surface area contributed by atoms with Gasteiger partial charge in [0.1, 0.15) is 5.72 Å². The van der Waals surface area contributed by atoms with Gasteiger partial charge < -0.3 is 5.11 Å². The molecule has 0 spiro atoms. The van der Waals surface area contributed by atoms with E-state index in [-0.39, 0.29) is 0 Å². The molecule has 1 rings (SSSR count).